The minimum Gasteiger partial charge on any atom is -0.457 e. The minimum atomic E-state index is -0.801. The molecule has 2 aromatic rings. The molecule has 0 fully saturated rings. The molecule has 176 valence electrons. The molecule has 0 saturated carbocycles. The van der Waals surface area contributed by atoms with Crippen molar-refractivity contribution in [2.45, 2.75) is 45.9 Å². The third-order valence-corrected chi connectivity index (χ3v) is 6.31. The van der Waals surface area contributed by atoms with Crippen LogP contribution in [0.5, 0.6) is 0 Å². The molecule has 1 amide bonds. The van der Waals surface area contributed by atoms with Crippen LogP contribution in [0.1, 0.15) is 44.4 Å². The number of rotatable bonds is 7. The smallest absolute Gasteiger partial charge is 0.338 e. The van der Waals surface area contributed by atoms with Crippen molar-refractivity contribution in [2.75, 3.05) is 0 Å². The van der Waals surface area contributed by atoms with Crippen LogP contribution in [0.3, 0.4) is 0 Å². The number of amides is 1. The number of allylic oxidation sites excluding steroid dienone is 1. The van der Waals surface area contributed by atoms with Crippen LogP contribution in [0.4, 0.5) is 4.39 Å². The van der Waals surface area contributed by atoms with Crippen LogP contribution in [0.15, 0.2) is 82.0 Å². The molecular weight excluding hydrogens is 453 g/mol. The van der Waals surface area contributed by atoms with Gasteiger partial charge in [-0.2, -0.15) is 0 Å². The standard InChI is InChI=1S/C26H26FN3O3S/c1-16(2)28-22(31)13-19-15-34-26-29-17(3)23(25(32)33-14-18-9-5-4-6-10-18)24(30(19)26)20-11-7-8-12-21(20)27/h4-12,15-16,24H,13-14H2,1-3H3,(H,28,31). The second-order valence-corrected chi connectivity index (χ2v) is 9.21. The highest BCUT2D eigenvalue weighted by molar-refractivity contribution is 8.16. The molecular formula is C26H26FN3O3S. The van der Waals surface area contributed by atoms with E-state index in [0.29, 0.717) is 22.1 Å². The predicted octanol–water partition coefficient (Wildman–Crippen LogP) is 5.06. The number of nitrogens with one attached hydrogen (secondary N) is 1. The maximum Gasteiger partial charge on any atom is 0.338 e. The SMILES string of the molecule is CC1=C(C(=O)OCc2ccccc2)C(c2ccccc2F)N2C(CC(=O)NC(C)C)=CSC2=N1. The molecule has 2 heterocycles. The van der Waals surface area contributed by atoms with E-state index in [-0.39, 0.29) is 30.5 Å². The zero-order chi connectivity index (χ0) is 24.2. The van der Waals surface area contributed by atoms with Crippen LogP contribution >= 0.6 is 11.8 Å². The molecule has 0 radical (unpaired) electrons. The predicted molar refractivity (Wildman–Crippen MR) is 131 cm³/mol. The Kier molecular flexibility index (Phi) is 7.17. The maximum atomic E-state index is 15.1. The van der Waals surface area contributed by atoms with Gasteiger partial charge in [-0.1, -0.05) is 60.3 Å². The van der Waals surface area contributed by atoms with E-state index >= 15 is 4.39 Å². The lowest BCUT2D eigenvalue weighted by Crippen LogP contribution is -2.39. The summed E-state index contributed by atoms with van der Waals surface area (Å²) in [6.45, 7) is 5.59. The summed E-state index contributed by atoms with van der Waals surface area (Å²) in [7, 11) is 0. The Morgan fingerprint density at radius 3 is 2.56 bits per heavy atom. The van der Waals surface area contributed by atoms with Crippen molar-refractivity contribution in [2.24, 2.45) is 4.99 Å². The van der Waals surface area contributed by atoms with Gasteiger partial charge >= 0.3 is 5.97 Å². The van der Waals surface area contributed by atoms with Gasteiger partial charge in [-0.3, -0.25) is 4.79 Å². The number of carbonyl (C=O) groups excluding carboxylic acids is 2. The lowest BCUT2D eigenvalue weighted by Gasteiger charge is -2.36. The molecule has 1 unspecified atom stereocenters. The molecule has 1 atom stereocenters. The van der Waals surface area contributed by atoms with Crippen molar-refractivity contribution >= 4 is 28.8 Å². The first-order valence-electron chi connectivity index (χ1n) is 11.0. The molecule has 2 aromatic carbocycles. The van der Waals surface area contributed by atoms with Gasteiger partial charge in [0.2, 0.25) is 5.91 Å². The highest BCUT2D eigenvalue weighted by Gasteiger charge is 2.42. The van der Waals surface area contributed by atoms with Crippen molar-refractivity contribution in [3.05, 3.63) is 93.9 Å². The number of fused-ring (bicyclic) bond motifs is 1. The fraction of sp³-hybridized carbons (Fsp3) is 0.269. The maximum absolute atomic E-state index is 15.1. The van der Waals surface area contributed by atoms with Gasteiger partial charge in [0.1, 0.15) is 12.4 Å². The quantitative estimate of drug-likeness (QED) is 0.562. The molecule has 0 bridgehead atoms. The van der Waals surface area contributed by atoms with E-state index in [9.17, 15) is 9.59 Å². The summed E-state index contributed by atoms with van der Waals surface area (Å²) in [4.78, 5) is 32.2. The van der Waals surface area contributed by atoms with Crippen molar-refractivity contribution in [1.29, 1.82) is 0 Å². The van der Waals surface area contributed by atoms with Crippen LogP contribution in [0, 0.1) is 5.82 Å². The first-order valence-corrected chi connectivity index (χ1v) is 11.9. The van der Waals surface area contributed by atoms with Crippen LogP contribution in [0.25, 0.3) is 0 Å². The number of amidine groups is 1. The molecule has 0 aromatic heterocycles. The number of halogens is 1. The number of nitrogens with zero attached hydrogens (tertiary/aromatic N) is 2. The summed E-state index contributed by atoms with van der Waals surface area (Å²) in [5.41, 5.74) is 2.53. The average Bonchev–Trinajstić information content (AvgIpc) is 3.19. The van der Waals surface area contributed by atoms with E-state index in [1.165, 1.54) is 17.8 Å². The molecule has 34 heavy (non-hydrogen) atoms. The Hall–Kier alpha value is -3.39. The van der Waals surface area contributed by atoms with Gasteiger partial charge < -0.3 is 15.0 Å². The Morgan fingerprint density at radius 1 is 1.15 bits per heavy atom. The average molecular weight is 480 g/mol. The Balaban J connectivity index is 1.69. The van der Waals surface area contributed by atoms with Crippen molar-refractivity contribution in [3.63, 3.8) is 0 Å². The molecule has 0 spiro atoms. The summed E-state index contributed by atoms with van der Waals surface area (Å²) in [6.07, 6.45) is 0.0839. The van der Waals surface area contributed by atoms with Crippen LogP contribution in [-0.2, 0) is 20.9 Å². The molecule has 0 saturated heterocycles. The zero-order valence-electron chi connectivity index (χ0n) is 19.2. The topological polar surface area (TPSA) is 71.0 Å². The summed E-state index contributed by atoms with van der Waals surface area (Å²) < 4.78 is 20.7. The first kappa shape index (κ1) is 23.8. The molecule has 2 aliphatic heterocycles. The van der Waals surface area contributed by atoms with Gasteiger partial charge in [-0.15, -0.1) is 0 Å². The second kappa shape index (κ2) is 10.3. The molecule has 6 nitrogen and oxygen atoms in total. The van der Waals surface area contributed by atoms with Gasteiger partial charge in [0.05, 0.1) is 23.7 Å². The molecule has 2 aliphatic rings. The molecule has 4 rings (SSSR count). The van der Waals surface area contributed by atoms with E-state index in [0.717, 1.165) is 5.56 Å². The highest BCUT2D eigenvalue weighted by Crippen LogP contribution is 2.45. The number of benzene rings is 2. The number of carbonyl (C=O) groups is 2. The van der Waals surface area contributed by atoms with E-state index in [2.05, 4.69) is 10.3 Å². The molecule has 1 N–H and O–H groups in total. The largest absolute Gasteiger partial charge is 0.457 e. The van der Waals surface area contributed by atoms with Crippen LogP contribution in [0.2, 0.25) is 0 Å². The fourth-order valence-corrected chi connectivity index (χ4v) is 4.92. The Bertz CT molecular complexity index is 1190. The van der Waals surface area contributed by atoms with Gasteiger partial charge in [0, 0.05) is 17.3 Å². The lowest BCUT2D eigenvalue weighted by molar-refractivity contribution is -0.141. The van der Waals surface area contributed by atoms with E-state index < -0.39 is 17.8 Å². The third kappa shape index (κ3) is 5.07. The second-order valence-electron chi connectivity index (χ2n) is 8.38. The van der Waals surface area contributed by atoms with Gasteiger partial charge in [0.25, 0.3) is 0 Å². The molecule has 8 heteroatoms. The zero-order valence-corrected chi connectivity index (χ0v) is 20.1. The van der Waals surface area contributed by atoms with Gasteiger partial charge in [-0.05, 0) is 37.8 Å². The number of hydrogen-bond donors (Lipinski definition) is 1. The summed E-state index contributed by atoms with van der Waals surface area (Å²) >= 11 is 1.35. The van der Waals surface area contributed by atoms with Crippen molar-refractivity contribution in [1.82, 2.24) is 10.2 Å². The first-order chi connectivity index (χ1) is 16.3. The number of ether oxygens (including phenoxy) is 1. The number of aliphatic imine (C=N–C) groups is 1. The van der Waals surface area contributed by atoms with E-state index in [1.807, 2.05) is 49.6 Å². The Morgan fingerprint density at radius 2 is 1.85 bits per heavy atom. The van der Waals surface area contributed by atoms with E-state index in [1.54, 1.807) is 30.0 Å². The van der Waals surface area contributed by atoms with Gasteiger partial charge in [0.15, 0.2) is 5.17 Å². The summed E-state index contributed by atoms with van der Waals surface area (Å²) in [6, 6.07) is 14.9. The van der Waals surface area contributed by atoms with Crippen LogP contribution < -0.4 is 5.32 Å². The van der Waals surface area contributed by atoms with E-state index in [4.69, 9.17) is 4.74 Å². The number of hydrogen-bond acceptors (Lipinski definition) is 6. The monoisotopic (exact) mass is 479 g/mol. The minimum absolute atomic E-state index is 0.00956. The van der Waals surface area contributed by atoms with Gasteiger partial charge in [-0.25, -0.2) is 14.2 Å². The number of esters is 1. The van der Waals surface area contributed by atoms with Crippen molar-refractivity contribution < 1.29 is 18.7 Å². The summed E-state index contributed by atoms with van der Waals surface area (Å²) in [5, 5.41) is 5.31. The third-order valence-electron chi connectivity index (χ3n) is 5.42. The lowest BCUT2D eigenvalue weighted by atomic mass is 9.93. The normalized spacial score (nSPS) is 17.3. The summed E-state index contributed by atoms with van der Waals surface area (Å²) in [5.74, 6) is -1.17. The molecule has 0 aliphatic carbocycles. The number of thioether (sulfide) groups is 1. The van der Waals surface area contributed by atoms with Crippen LogP contribution in [-0.4, -0.2) is 28.0 Å². The Labute approximate surface area is 202 Å². The fourth-order valence-electron chi connectivity index (χ4n) is 3.96. The highest BCUT2D eigenvalue weighted by atomic mass is 32.2. The van der Waals surface area contributed by atoms with Crippen molar-refractivity contribution in [3.8, 4) is 0 Å².